The van der Waals surface area contributed by atoms with Crippen LogP contribution in [0, 0.1) is 23.7 Å². The van der Waals surface area contributed by atoms with Crippen molar-refractivity contribution in [2.24, 2.45) is 28.7 Å². The predicted octanol–water partition coefficient (Wildman–Crippen LogP) is 3.94. The normalized spacial score (nSPS) is 40.4. The summed E-state index contributed by atoms with van der Waals surface area (Å²) in [6, 6.07) is 5.16. The summed E-state index contributed by atoms with van der Waals surface area (Å²) in [5.74, 6) is -4.50. The molecular weight excluding hydrogens is 696 g/mol. The lowest BCUT2D eigenvalue weighted by molar-refractivity contribution is -0.296. The molecule has 1 amide bonds. The van der Waals surface area contributed by atoms with Gasteiger partial charge < -0.3 is 44.1 Å². The highest BCUT2D eigenvalue weighted by Gasteiger charge is 2.53. The highest BCUT2D eigenvalue weighted by molar-refractivity contribution is 6.00. The van der Waals surface area contributed by atoms with Gasteiger partial charge in [-0.15, -0.1) is 0 Å². The molecule has 5 unspecified atom stereocenters. The minimum Gasteiger partial charge on any atom is -0.459 e. The number of carbonyl (C=O) groups excluding carboxylic acids is 3. The summed E-state index contributed by atoms with van der Waals surface area (Å²) in [6.07, 6.45) is -1.37. The molecule has 0 aromatic carbocycles. The topological polar surface area (TPSA) is 178 Å². The summed E-state index contributed by atoms with van der Waals surface area (Å²) in [6.45, 7) is 15.3. The van der Waals surface area contributed by atoms with Crippen molar-refractivity contribution in [3.8, 4) is 0 Å². The number of carbonyl (C=O) groups is 3. The fraction of sp³-hybridized carbons (Fsp3) is 0.725. The third kappa shape index (κ3) is 10.00. The lowest BCUT2D eigenvalue weighted by Crippen LogP contribution is -2.60. The van der Waals surface area contributed by atoms with E-state index in [1.54, 1.807) is 39.2 Å². The zero-order valence-corrected chi connectivity index (χ0v) is 33.8. The monoisotopic (exact) mass is 758 g/mol. The Labute approximate surface area is 320 Å². The maximum Gasteiger partial charge on any atom is 0.316 e. The lowest BCUT2D eigenvalue weighted by atomic mass is 9.73. The number of hydrogen-bond acceptors (Lipinski definition) is 13. The summed E-state index contributed by atoms with van der Waals surface area (Å²) in [4.78, 5) is 51.8. The van der Waals surface area contributed by atoms with Gasteiger partial charge >= 0.3 is 5.97 Å². The first-order valence-corrected chi connectivity index (χ1v) is 19.1. The van der Waals surface area contributed by atoms with E-state index in [1.165, 1.54) is 13.8 Å². The highest BCUT2D eigenvalue weighted by Crippen LogP contribution is 2.40. The second-order valence-electron chi connectivity index (χ2n) is 16.0. The number of rotatable bonds is 6. The van der Waals surface area contributed by atoms with Crippen molar-refractivity contribution in [2.75, 3.05) is 32.6 Å². The molecular formula is C40H62N4O10. The van der Waals surface area contributed by atoms with Crippen molar-refractivity contribution in [1.29, 1.82) is 0 Å². The number of fused-ring (bicyclic) bond motifs is 5. The Bertz CT molecular complexity index is 1520. The molecule has 0 aliphatic carbocycles. The number of likely N-dealkylation sites (N-methyl/N-ethyl adjacent to an activating group) is 1. The molecule has 0 spiro atoms. The van der Waals surface area contributed by atoms with Crippen molar-refractivity contribution < 1.29 is 48.3 Å². The average Bonchev–Trinajstić information content (AvgIpc) is 3.13. The zero-order valence-electron chi connectivity index (χ0n) is 33.8. The van der Waals surface area contributed by atoms with Gasteiger partial charge in [-0.05, 0) is 84.7 Å². The van der Waals surface area contributed by atoms with E-state index in [0.29, 0.717) is 23.5 Å². The molecule has 302 valence electrons. The van der Waals surface area contributed by atoms with Crippen LogP contribution >= 0.6 is 0 Å². The van der Waals surface area contributed by atoms with Crippen LogP contribution in [0.1, 0.15) is 81.6 Å². The Morgan fingerprint density at radius 3 is 2.44 bits per heavy atom. The molecule has 14 heteroatoms. The first-order valence-electron chi connectivity index (χ1n) is 19.1. The molecule has 3 aliphatic heterocycles. The van der Waals surface area contributed by atoms with Crippen LogP contribution in [0.4, 0.5) is 5.82 Å². The van der Waals surface area contributed by atoms with Gasteiger partial charge in [-0.2, -0.15) is 0 Å². The number of amides is 1. The van der Waals surface area contributed by atoms with Gasteiger partial charge in [0.15, 0.2) is 12.1 Å². The second-order valence-corrected chi connectivity index (χ2v) is 16.0. The SMILES string of the molecule is CC[C@H]1OC(=O)[C@H](C)C(=O)[C@H](C)C(O[C@@H]2O[C@H](C)C[C@H](N(C)C)C2O)[C@@]2(C)CC(C)C(=NC(C)=O)C(C)C(OC/C(=C/Nc3ccccn3)CO2)[C@]1(C)O. The van der Waals surface area contributed by atoms with Gasteiger partial charge in [-0.3, -0.25) is 14.4 Å². The summed E-state index contributed by atoms with van der Waals surface area (Å²) in [7, 11) is 3.75. The smallest absolute Gasteiger partial charge is 0.316 e. The number of aliphatic hydroxyl groups is 2. The van der Waals surface area contributed by atoms with E-state index in [4.69, 9.17) is 23.7 Å². The summed E-state index contributed by atoms with van der Waals surface area (Å²) in [5.41, 5.74) is -2.05. The van der Waals surface area contributed by atoms with Gasteiger partial charge in [0.2, 0.25) is 5.91 Å². The van der Waals surface area contributed by atoms with Gasteiger partial charge in [0, 0.05) is 42.9 Å². The number of nitrogens with zero attached hydrogens (tertiary/aromatic N) is 3. The summed E-state index contributed by atoms with van der Waals surface area (Å²) in [5, 5.41) is 27.2. The molecule has 54 heavy (non-hydrogen) atoms. The van der Waals surface area contributed by atoms with Crippen LogP contribution in [0.5, 0.6) is 0 Å². The minimum atomic E-state index is -1.79. The number of ketones is 1. The Balaban J connectivity index is 1.97. The van der Waals surface area contributed by atoms with E-state index in [1.807, 2.05) is 58.8 Å². The first-order chi connectivity index (χ1) is 25.3. The molecule has 13 atom stereocenters. The molecule has 3 fully saturated rings. The van der Waals surface area contributed by atoms with E-state index >= 15 is 0 Å². The molecule has 4 heterocycles. The molecule has 3 aliphatic rings. The Hall–Kier alpha value is -3.11. The molecule has 3 saturated heterocycles. The van der Waals surface area contributed by atoms with Crippen molar-refractivity contribution in [3.05, 3.63) is 36.2 Å². The van der Waals surface area contributed by atoms with Crippen LogP contribution in [0.2, 0.25) is 0 Å². The number of pyridine rings is 1. The number of aliphatic hydroxyl groups excluding tert-OH is 1. The largest absolute Gasteiger partial charge is 0.459 e. The number of hydrogen-bond donors (Lipinski definition) is 3. The van der Waals surface area contributed by atoms with Gasteiger partial charge in [-0.25, -0.2) is 9.98 Å². The van der Waals surface area contributed by atoms with Crippen molar-refractivity contribution in [3.63, 3.8) is 0 Å². The van der Waals surface area contributed by atoms with Crippen LogP contribution < -0.4 is 5.32 Å². The van der Waals surface area contributed by atoms with Crippen LogP contribution in [0.25, 0.3) is 0 Å². The van der Waals surface area contributed by atoms with Crippen LogP contribution in [-0.4, -0.2) is 125 Å². The van der Waals surface area contributed by atoms with Gasteiger partial charge in [0.05, 0.1) is 37.1 Å². The highest BCUT2D eigenvalue weighted by atomic mass is 16.7. The molecule has 3 N–H and O–H groups in total. The number of esters is 1. The summed E-state index contributed by atoms with van der Waals surface area (Å²) >= 11 is 0. The molecule has 0 saturated carbocycles. The Kier molecular flexibility index (Phi) is 14.7. The number of aromatic nitrogens is 1. The number of nitrogens with one attached hydrogen (secondary N) is 1. The number of ether oxygens (including phenoxy) is 5. The zero-order chi connectivity index (χ0) is 40.1. The molecule has 4 rings (SSSR count). The predicted molar refractivity (Wildman–Crippen MR) is 203 cm³/mol. The van der Waals surface area contributed by atoms with E-state index in [2.05, 4.69) is 15.3 Å². The van der Waals surface area contributed by atoms with E-state index < -0.39 is 83.2 Å². The number of aliphatic imine (C=N–C) groups is 1. The van der Waals surface area contributed by atoms with Gasteiger partial charge in [0.25, 0.3) is 0 Å². The summed E-state index contributed by atoms with van der Waals surface area (Å²) < 4.78 is 32.5. The van der Waals surface area contributed by atoms with Crippen LogP contribution in [-0.2, 0) is 38.1 Å². The minimum absolute atomic E-state index is 0.0146. The molecule has 0 radical (unpaired) electrons. The van der Waals surface area contributed by atoms with E-state index in [0.717, 1.165) is 0 Å². The lowest BCUT2D eigenvalue weighted by Gasteiger charge is -2.47. The van der Waals surface area contributed by atoms with E-state index in [9.17, 15) is 24.6 Å². The maximum absolute atomic E-state index is 14.4. The third-order valence-electron chi connectivity index (χ3n) is 11.2. The number of Topliss-reactive ketones (excluding diaryl/α,β-unsaturated/α-hetero) is 1. The standard InChI is InChI=1S/C40H62N4O10/c1-12-30-40(9,49)36-24(4)32(43-27(7)45)22(2)18-39(8,51-21-28(20-50-36)19-42-31-15-13-14-16-41-31)35(25(5)33(46)26(6)37(48)53-30)54-38-34(47)29(44(10)11)17-23(3)52-38/h13-16,19,22-26,29-30,34-36,38,47,49H,12,17-18,20-21H2,1-11H3,(H,41,42)/b28-19-,43-32?/t22?,23-,24?,25+,26-,29+,30-,34?,35?,36?,38+,39-,40-/m1/s1. The fourth-order valence-corrected chi connectivity index (χ4v) is 8.28. The first kappa shape index (κ1) is 43.6. The number of anilines is 1. The molecule has 2 bridgehead atoms. The quantitative estimate of drug-likeness (QED) is 0.281. The van der Waals surface area contributed by atoms with Crippen molar-refractivity contribution >= 4 is 29.2 Å². The van der Waals surface area contributed by atoms with E-state index in [-0.39, 0.29) is 38.2 Å². The Morgan fingerprint density at radius 2 is 1.83 bits per heavy atom. The maximum atomic E-state index is 14.4. The molecule has 1 aromatic heterocycles. The van der Waals surface area contributed by atoms with Crippen molar-refractivity contribution in [2.45, 2.75) is 136 Å². The average molecular weight is 759 g/mol. The number of cyclic esters (lactones) is 1. The van der Waals surface area contributed by atoms with Crippen LogP contribution in [0.3, 0.4) is 0 Å². The van der Waals surface area contributed by atoms with Gasteiger partial charge in [0.1, 0.15) is 29.5 Å². The van der Waals surface area contributed by atoms with Crippen molar-refractivity contribution in [1.82, 2.24) is 9.88 Å². The molecule has 14 nitrogen and oxygen atoms in total. The fourth-order valence-electron chi connectivity index (χ4n) is 8.28. The second kappa shape index (κ2) is 18.2. The van der Waals surface area contributed by atoms with Gasteiger partial charge in [-0.1, -0.05) is 33.8 Å². The van der Waals surface area contributed by atoms with Crippen LogP contribution in [0.15, 0.2) is 41.2 Å². The molecule has 1 aromatic rings. The Morgan fingerprint density at radius 1 is 1.13 bits per heavy atom. The third-order valence-corrected chi connectivity index (χ3v) is 11.2.